The number of hydrogen-bond acceptors (Lipinski definition) is 2. The lowest BCUT2D eigenvalue weighted by atomic mass is 9.85. The van der Waals surface area contributed by atoms with E-state index in [9.17, 15) is 4.79 Å². The normalized spacial score (nSPS) is 18.5. The van der Waals surface area contributed by atoms with E-state index in [-0.39, 0.29) is 11.8 Å². The van der Waals surface area contributed by atoms with Crippen molar-refractivity contribution in [3.8, 4) is 0 Å². The molecule has 0 aromatic heterocycles. The summed E-state index contributed by atoms with van der Waals surface area (Å²) in [6, 6.07) is 6.12. The van der Waals surface area contributed by atoms with Gasteiger partial charge in [0.15, 0.2) is 0 Å². The first kappa shape index (κ1) is 9.70. The maximum absolute atomic E-state index is 11.8. The van der Waals surface area contributed by atoms with Gasteiger partial charge in [-0.05, 0) is 43.0 Å². The highest BCUT2D eigenvalue weighted by molar-refractivity contribution is 5.93. The third kappa shape index (κ3) is 1.66. The lowest BCUT2D eigenvalue weighted by molar-refractivity contribution is -0.122. The van der Waals surface area contributed by atoms with Gasteiger partial charge in [0, 0.05) is 23.8 Å². The van der Waals surface area contributed by atoms with Crippen LogP contribution >= 0.6 is 0 Å². The molecule has 0 radical (unpaired) electrons. The molecule has 84 valence electrons. The molecule has 2 aliphatic rings. The highest BCUT2D eigenvalue weighted by Crippen LogP contribution is 2.29. The van der Waals surface area contributed by atoms with Gasteiger partial charge in [-0.15, -0.1) is 0 Å². The number of rotatable bonds is 2. The van der Waals surface area contributed by atoms with Gasteiger partial charge < -0.3 is 10.6 Å². The van der Waals surface area contributed by atoms with Crippen LogP contribution in [0.5, 0.6) is 0 Å². The van der Waals surface area contributed by atoms with Gasteiger partial charge in [0.05, 0.1) is 0 Å². The molecule has 1 saturated carbocycles. The number of amides is 1. The Hall–Kier alpha value is -1.51. The molecule has 3 nitrogen and oxygen atoms in total. The third-order valence-electron chi connectivity index (χ3n) is 3.56. The molecular formula is C13H16N2O. The van der Waals surface area contributed by atoms with Gasteiger partial charge >= 0.3 is 0 Å². The van der Waals surface area contributed by atoms with Crippen LogP contribution in [0.2, 0.25) is 0 Å². The van der Waals surface area contributed by atoms with Gasteiger partial charge in [0.1, 0.15) is 0 Å². The van der Waals surface area contributed by atoms with Crippen molar-refractivity contribution in [2.24, 2.45) is 5.92 Å². The van der Waals surface area contributed by atoms with E-state index in [1.807, 2.05) is 6.07 Å². The summed E-state index contributed by atoms with van der Waals surface area (Å²) in [5, 5.41) is 6.32. The highest BCUT2D eigenvalue weighted by atomic mass is 16.1. The summed E-state index contributed by atoms with van der Waals surface area (Å²) in [7, 11) is 0. The second-order valence-corrected chi connectivity index (χ2v) is 4.67. The van der Waals surface area contributed by atoms with Gasteiger partial charge in [0.25, 0.3) is 0 Å². The summed E-state index contributed by atoms with van der Waals surface area (Å²) >= 11 is 0. The molecule has 16 heavy (non-hydrogen) atoms. The Balaban J connectivity index is 1.72. The zero-order valence-electron chi connectivity index (χ0n) is 9.25. The Bertz CT molecular complexity index is 424. The van der Waals surface area contributed by atoms with Crippen LogP contribution in [-0.2, 0) is 11.2 Å². The van der Waals surface area contributed by atoms with Crippen LogP contribution < -0.4 is 10.6 Å². The maximum atomic E-state index is 11.8. The third-order valence-corrected chi connectivity index (χ3v) is 3.56. The van der Waals surface area contributed by atoms with Crippen LogP contribution in [0.15, 0.2) is 18.2 Å². The fourth-order valence-electron chi connectivity index (χ4n) is 2.30. The minimum Gasteiger partial charge on any atom is -0.384 e. The summed E-state index contributed by atoms with van der Waals surface area (Å²) in [6.45, 7) is 1.01. The van der Waals surface area contributed by atoms with Gasteiger partial charge in [-0.2, -0.15) is 0 Å². The predicted molar refractivity (Wildman–Crippen MR) is 64.6 cm³/mol. The first-order chi connectivity index (χ1) is 7.83. The standard InChI is InChI=1S/C13H16N2O/c16-13(9-2-1-3-9)15-11-4-5-12-10(8-11)6-7-14-12/h4-5,8-9,14H,1-3,6-7H2,(H,15,16). The van der Waals surface area contributed by atoms with E-state index in [4.69, 9.17) is 0 Å². The van der Waals surface area contributed by atoms with Crippen molar-refractivity contribution in [3.63, 3.8) is 0 Å². The van der Waals surface area contributed by atoms with Gasteiger partial charge in [-0.25, -0.2) is 0 Å². The molecule has 0 saturated heterocycles. The highest BCUT2D eigenvalue weighted by Gasteiger charge is 2.25. The molecule has 1 fully saturated rings. The SMILES string of the molecule is O=C(Nc1ccc2c(c1)CCN2)C1CCC1. The molecule has 1 amide bonds. The molecule has 0 spiro atoms. The second kappa shape index (κ2) is 3.81. The van der Waals surface area contributed by atoms with E-state index >= 15 is 0 Å². The van der Waals surface area contributed by atoms with E-state index in [0.29, 0.717) is 0 Å². The maximum Gasteiger partial charge on any atom is 0.227 e. The van der Waals surface area contributed by atoms with Crippen molar-refractivity contribution < 1.29 is 4.79 Å². The topological polar surface area (TPSA) is 41.1 Å². The number of carbonyl (C=O) groups is 1. The van der Waals surface area contributed by atoms with Crippen molar-refractivity contribution in [3.05, 3.63) is 23.8 Å². The molecule has 3 heteroatoms. The largest absolute Gasteiger partial charge is 0.384 e. The van der Waals surface area contributed by atoms with E-state index in [0.717, 1.165) is 31.5 Å². The van der Waals surface area contributed by atoms with Crippen LogP contribution in [0.1, 0.15) is 24.8 Å². The van der Waals surface area contributed by atoms with Crippen LogP contribution in [0.25, 0.3) is 0 Å². The number of nitrogens with one attached hydrogen (secondary N) is 2. The van der Waals surface area contributed by atoms with E-state index in [1.54, 1.807) is 0 Å². The minimum absolute atomic E-state index is 0.192. The molecule has 3 rings (SSSR count). The average Bonchev–Trinajstić information content (AvgIpc) is 2.61. The Morgan fingerprint density at radius 3 is 3.00 bits per heavy atom. The first-order valence-electron chi connectivity index (χ1n) is 6.00. The fourth-order valence-corrected chi connectivity index (χ4v) is 2.30. The van der Waals surface area contributed by atoms with E-state index < -0.39 is 0 Å². The summed E-state index contributed by atoms with van der Waals surface area (Å²) < 4.78 is 0. The number of benzene rings is 1. The molecule has 0 unspecified atom stereocenters. The van der Waals surface area contributed by atoms with Gasteiger partial charge in [0.2, 0.25) is 5.91 Å². The molecule has 1 aliphatic carbocycles. The summed E-state index contributed by atoms with van der Waals surface area (Å²) in [4.78, 5) is 11.8. The van der Waals surface area contributed by atoms with Crippen molar-refractivity contribution in [1.82, 2.24) is 0 Å². The zero-order chi connectivity index (χ0) is 11.0. The van der Waals surface area contributed by atoms with E-state index in [1.165, 1.54) is 17.7 Å². The molecule has 1 aliphatic heterocycles. The van der Waals surface area contributed by atoms with Crippen molar-refractivity contribution in [2.75, 3.05) is 17.2 Å². The Labute approximate surface area is 95.2 Å². The molecule has 0 bridgehead atoms. The van der Waals surface area contributed by atoms with Crippen molar-refractivity contribution in [2.45, 2.75) is 25.7 Å². The van der Waals surface area contributed by atoms with Gasteiger partial charge in [-0.3, -0.25) is 4.79 Å². The monoisotopic (exact) mass is 216 g/mol. The lowest BCUT2D eigenvalue weighted by Crippen LogP contribution is -2.28. The Morgan fingerprint density at radius 2 is 2.25 bits per heavy atom. The quantitative estimate of drug-likeness (QED) is 0.797. The van der Waals surface area contributed by atoms with Crippen molar-refractivity contribution >= 4 is 17.3 Å². The lowest BCUT2D eigenvalue weighted by Gasteiger charge is -2.24. The van der Waals surface area contributed by atoms with Crippen LogP contribution in [0.3, 0.4) is 0 Å². The Kier molecular flexibility index (Phi) is 2.31. The molecule has 2 N–H and O–H groups in total. The molecule has 1 heterocycles. The van der Waals surface area contributed by atoms with Crippen LogP contribution in [0.4, 0.5) is 11.4 Å². The molecule has 1 aromatic rings. The summed E-state index contributed by atoms with van der Waals surface area (Å²) in [6.07, 6.45) is 4.37. The first-order valence-corrected chi connectivity index (χ1v) is 6.00. The van der Waals surface area contributed by atoms with Crippen molar-refractivity contribution in [1.29, 1.82) is 0 Å². The molecule has 0 atom stereocenters. The summed E-state index contributed by atoms with van der Waals surface area (Å²) in [5.41, 5.74) is 3.47. The number of hydrogen-bond donors (Lipinski definition) is 2. The minimum atomic E-state index is 0.192. The van der Waals surface area contributed by atoms with Crippen LogP contribution in [-0.4, -0.2) is 12.5 Å². The van der Waals surface area contributed by atoms with Gasteiger partial charge in [-0.1, -0.05) is 6.42 Å². The summed E-state index contributed by atoms with van der Waals surface area (Å²) in [5.74, 6) is 0.448. The molecular weight excluding hydrogens is 200 g/mol. The zero-order valence-corrected chi connectivity index (χ0v) is 9.25. The predicted octanol–water partition coefficient (Wildman–Crippen LogP) is 2.39. The number of fused-ring (bicyclic) bond motifs is 1. The van der Waals surface area contributed by atoms with E-state index in [2.05, 4.69) is 22.8 Å². The number of carbonyl (C=O) groups excluding carboxylic acids is 1. The molecule has 1 aromatic carbocycles. The second-order valence-electron chi connectivity index (χ2n) is 4.67. The fraction of sp³-hybridized carbons (Fsp3) is 0.462. The average molecular weight is 216 g/mol. The smallest absolute Gasteiger partial charge is 0.227 e. The number of anilines is 2. The van der Waals surface area contributed by atoms with Crippen LogP contribution in [0, 0.1) is 5.92 Å². The Morgan fingerprint density at radius 1 is 1.38 bits per heavy atom.